The monoisotopic (exact) mass is 516 g/mol. The Morgan fingerprint density at radius 1 is 1.15 bits per heavy atom. The maximum absolute atomic E-state index is 13.6. The second kappa shape index (κ2) is 9.19. The van der Waals surface area contributed by atoms with Gasteiger partial charge in [0.1, 0.15) is 0 Å². The van der Waals surface area contributed by atoms with Crippen molar-refractivity contribution in [3.8, 4) is 0 Å². The van der Waals surface area contributed by atoms with Gasteiger partial charge in [-0.1, -0.05) is 23.2 Å². The number of ether oxygens (including phenoxy) is 1. The molecule has 1 aliphatic heterocycles. The van der Waals surface area contributed by atoms with Crippen molar-refractivity contribution in [2.45, 2.75) is 44.1 Å². The minimum atomic E-state index is -4.64. The minimum absolute atomic E-state index is 0.0439. The first-order valence-electron chi connectivity index (χ1n) is 10.5. The summed E-state index contributed by atoms with van der Waals surface area (Å²) < 4.78 is 45.6. The first-order chi connectivity index (χ1) is 16.0. The molecule has 1 aliphatic carbocycles. The third-order valence-corrected chi connectivity index (χ3v) is 6.64. The summed E-state index contributed by atoms with van der Waals surface area (Å²) in [5.41, 5.74) is -0.151. The van der Waals surface area contributed by atoms with E-state index in [4.69, 9.17) is 27.9 Å². The predicted molar refractivity (Wildman–Crippen MR) is 120 cm³/mol. The van der Waals surface area contributed by atoms with Gasteiger partial charge in [-0.3, -0.25) is 9.80 Å². The highest BCUT2D eigenvalue weighted by Crippen LogP contribution is 2.49. The Kier molecular flexibility index (Phi) is 6.61. The van der Waals surface area contributed by atoms with Crippen LogP contribution >= 0.6 is 23.2 Å². The van der Waals surface area contributed by atoms with Gasteiger partial charge in [-0.25, -0.2) is 9.59 Å². The molecule has 1 heterocycles. The lowest BCUT2D eigenvalue weighted by Crippen LogP contribution is -2.49. The van der Waals surface area contributed by atoms with Crippen molar-refractivity contribution in [1.82, 2.24) is 4.90 Å². The predicted octanol–water partition coefficient (Wildman–Crippen LogP) is 6.99. The van der Waals surface area contributed by atoms with Crippen LogP contribution in [0.15, 0.2) is 36.4 Å². The number of carbonyl (C=O) groups is 2. The molecule has 182 valence electrons. The smallest absolute Gasteiger partial charge is 0.416 e. The van der Waals surface area contributed by atoms with E-state index < -0.39 is 36.0 Å². The topological polar surface area (TPSA) is 70.1 Å². The number of carboxylic acid groups (broad SMARTS) is 1. The Labute approximate surface area is 203 Å². The van der Waals surface area contributed by atoms with Crippen LogP contribution in [-0.4, -0.2) is 35.3 Å². The van der Waals surface area contributed by atoms with E-state index >= 15 is 0 Å². The molecule has 11 heteroatoms. The van der Waals surface area contributed by atoms with Crippen molar-refractivity contribution >= 4 is 41.1 Å². The number of halogens is 5. The number of amides is 2. The number of carbonyl (C=O) groups excluding carboxylic acids is 1. The molecule has 2 atom stereocenters. The van der Waals surface area contributed by atoms with Gasteiger partial charge in [0, 0.05) is 22.6 Å². The van der Waals surface area contributed by atoms with Crippen LogP contribution in [0.4, 0.5) is 28.4 Å². The molecule has 2 aliphatic rings. The maximum Gasteiger partial charge on any atom is 0.416 e. The molecule has 2 aromatic carbocycles. The zero-order valence-electron chi connectivity index (χ0n) is 18.0. The molecule has 1 saturated carbocycles. The van der Waals surface area contributed by atoms with Crippen LogP contribution in [0.5, 0.6) is 0 Å². The fourth-order valence-electron chi connectivity index (χ4n) is 4.60. The highest BCUT2D eigenvalue weighted by molar-refractivity contribution is 6.34. The van der Waals surface area contributed by atoms with Crippen molar-refractivity contribution in [2.24, 2.45) is 5.92 Å². The van der Waals surface area contributed by atoms with Crippen LogP contribution in [0.2, 0.25) is 10.0 Å². The molecule has 2 unspecified atom stereocenters. The van der Waals surface area contributed by atoms with Crippen LogP contribution in [0.3, 0.4) is 0 Å². The molecular weight excluding hydrogens is 496 g/mol. The molecule has 2 aromatic rings. The molecular formula is C23H21Cl2F3N2O4. The summed E-state index contributed by atoms with van der Waals surface area (Å²) in [5, 5.41) is 10.6. The zero-order valence-corrected chi connectivity index (χ0v) is 19.5. The summed E-state index contributed by atoms with van der Waals surface area (Å²) in [5.74, 6) is 0.0640. The van der Waals surface area contributed by atoms with Gasteiger partial charge in [0.25, 0.3) is 0 Å². The summed E-state index contributed by atoms with van der Waals surface area (Å²) in [6.07, 6.45) is -4.91. The second-order valence-corrected chi connectivity index (χ2v) is 9.33. The Hall–Kier alpha value is -2.65. The van der Waals surface area contributed by atoms with Crippen LogP contribution in [0.25, 0.3) is 0 Å². The Bertz CT molecular complexity index is 1100. The fourth-order valence-corrected chi connectivity index (χ4v) is 5.17. The molecule has 1 N–H and O–H groups in total. The van der Waals surface area contributed by atoms with E-state index in [2.05, 4.69) is 0 Å². The standard InChI is InChI=1S/C23H21Cl2F3N2O4/c1-34-22(33)29(11-12-6-15(24)9-16(25)7-12)20-10-19(13-2-3-13)30(21(31)32)18-5-4-14(8-17(18)20)23(26,27)28/h4-9,13,19-20H,2-3,10-11H2,1H3,(H,31,32). The summed E-state index contributed by atoms with van der Waals surface area (Å²) in [6, 6.07) is 6.32. The van der Waals surface area contributed by atoms with Gasteiger partial charge in [-0.15, -0.1) is 0 Å². The van der Waals surface area contributed by atoms with Crippen molar-refractivity contribution in [3.63, 3.8) is 0 Å². The number of alkyl halides is 3. The number of nitrogens with zero attached hydrogens (tertiary/aromatic N) is 2. The molecule has 1 fully saturated rings. The van der Waals surface area contributed by atoms with Crippen molar-refractivity contribution < 1.29 is 32.6 Å². The van der Waals surface area contributed by atoms with E-state index in [0.29, 0.717) is 15.6 Å². The third kappa shape index (κ3) is 4.90. The number of benzene rings is 2. The summed E-state index contributed by atoms with van der Waals surface area (Å²) in [7, 11) is 1.18. The van der Waals surface area contributed by atoms with Gasteiger partial charge in [0.15, 0.2) is 0 Å². The highest BCUT2D eigenvalue weighted by Gasteiger charge is 2.47. The molecule has 2 amide bonds. The molecule has 0 saturated heterocycles. The second-order valence-electron chi connectivity index (χ2n) is 8.46. The molecule has 34 heavy (non-hydrogen) atoms. The molecule has 0 aromatic heterocycles. The van der Waals surface area contributed by atoms with Gasteiger partial charge in [0.2, 0.25) is 0 Å². The van der Waals surface area contributed by atoms with Gasteiger partial charge in [-0.2, -0.15) is 13.2 Å². The Morgan fingerprint density at radius 2 is 1.79 bits per heavy atom. The summed E-state index contributed by atoms with van der Waals surface area (Å²) >= 11 is 12.2. The average molecular weight is 517 g/mol. The van der Waals surface area contributed by atoms with E-state index in [-0.39, 0.29) is 30.1 Å². The number of hydrogen-bond acceptors (Lipinski definition) is 3. The van der Waals surface area contributed by atoms with E-state index in [9.17, 15) is 27.9 Å². The normalized spacial score (nSPS) is 20.0. The quantitative estimate of drug-likeness (QED) is 0.475. The van der Waals surface area contributed by atoms with Crippen LogP contribution in [-0.2, 0) is 17.5 Å². The first kappa shape index (κ1) is 24.5. The molecule has 6 nitrogen and oxygen atoms in total. The number of anilines is 1. The highest BCUT2D eigenvalue weighted by atomic mass is 35.5. The molecule has 0 radical (unpaired) electrons. The van der Waals surface area contributed by atoms with Crippen molar-refractivity contribution in [2.75, 3.05) is 12.0 Å². The summed E-state index contributed by atoms with van der Waals surface area (Å²) in [4.78, 5) is 27.4. The number of hydrogen-bond donors (Lipinski definition) is 1. The van der Waals surface area contributed by atoms with Gasteiger partial charge in [-0.05, 0) is 72.7 Å². The Balaban J connectivity index is 1.85. The van der Waals surface area contributed by atoms with E-state index in [0.717, 1.165) is 29.9 Å². The van der Waals surface area contributed by atoms with Gasteiger partial charge < -0.3 is 9.84 Å². The zero-order chi connectivity index (χ0) is 24.8. The van der Waals surface area contributed by atoms with E-state index in [1.54, 1.807) is 12.1 Å². The maximum atomic E-state index is 13.6. The van der Waals surface area contributed by atoms with Crippen LogP contribution in [0.1, 0.15) is 42.0 Å². The SMILES string of the molecule is COC(=O)N(Cc1cc(Cl)cc(Cl)c1)C1CC(C2CC2)N(C(=O)O)c2ccc(C(F)(F)F)cc21. The third-order valence-electron chi connectivity index (χ3n) is 6.20. The number of fused-ring (bicyclic) bond motifs is 1. The van der Waals surface area contributed by atoms with E-state index in [1.165, 1.54) is 24.1 Å². The number of methoxy groups -OCH3 is 1. The fraction of sp³-hybridized carbons (Fsp3) is 0.391. The van der Waals surface area contributed by atoms with Gasteiger partial charge in [0.05, 0.1) is 24.4 Å². The largest absolute Gasteiger partial charge is 0.465 e. The lowest BCUT2D eigenvalue weighted by Gasteiger charge is -2.43. The van der Waals surface area contributed by atoms with Crippen LogP contribution < -0.4 is 4.90 Å². The average Bonchev–Trinajstić information content (AvgIpc) is 3.59. The van der Waals surface area contributed by atoms with Crippen molar-refractivity contribution in [1.29, 1.82) is 0 Å². The van der Waals surface area contributed by atoms with Crippen LogP contribution in [0, 0.1) is 5.92 Å². The van der Waals surface area contributed by atoms with Crippen molar-refractivity contribution in [3.05, 3.63) is 63.1 Å². The minimum Gasteiger partial charge on any atom is -0.465 e. The molecule has 0 spiro atoms. The lowest BCUT2D eigenvalue weighted by atomic mass is 9.86. The number of rotatable bonds is 4. The first-order valence-corrected chi connectivity index (χ1v) is 11.3. The molecule has 0 bridgehead atoms. The summed E-state index contributed by atoms with van der Waals surface area (Å²) in [6.45, 7) is -0.0439. The van der Waals surface area contributed by atoms with E-state index in [1.807, 2.05) is 0 Å². The molecule has 4 rings (SSSR count). The lowest BCUT2D eigenvalue weighted by molar-refractivity contribution is -0.137. The van der Waals surface area contributed by atoms with Gasteiger partial charge >= 0.3 is 18.4 Å². The Morgan fingerprint density at radius 3 is 2.32 bits per heavy atom.